The van der Waals surface area contributed by atoms with E-state index in [1.807, 2.05) is 12.1 Å². The molecule has 0 unspecified atom stereocenters. The second kappa shape index (κ2) is 5.23. The molecule has 1 aliphatic heterocycles. The molecule has 1 saturated heterocycles. The van der Waals surface area contributed by atoms with E-state index in [0.29, 0.717) is 11.4 Å². The molecule has 0 radical (unpaired) electrons. The molecule has 7 heteroatoms. The fourth-order valence-electron chi connectivity index (χ4n) is 3.53. The Morgan fingerprint density at radius 1 is 1.04 bits per heavy atom. The summed E-state index contributed by atoms with van der Waals surface area (Å²) in [6.45, 7) is -0.0395. The van der Waals surface area contributed by atoms with Crippen LogP contribution in [0.4, 0.5) is 0 Å². The number of carbonyl (C=O) groups excluding carboxylic acids is 1. The molecule has 1 aromatic carbocycles. The molecule has 3 rings (SSSR count). The predicted octanol–water partition coefficient (Wildman–Crippen LogP) is 1.66. The SMILES string of the molecule is O=C(CCc1ccc(Cl)cc1)N1C[C@@]2(C(=O)O)C[C@@]2(C(=O)O)C1. The lowest BCUT2D eigenvalue weighted by Crippen LogP contribution is -2.34. The van der Waals surface area contributed by atoms with Gasteiger partial charge in [0, 0.05) is 24.5 Å². The highest BCUT2D eigenvalue weighted by Crippen LogP contribution is 2.68. The fourth-order valence-corrected chi connectivity index (χ4v) is 3.65. The van der Waals surface area contributed by atoms with Crippen molar-refractivity contribution in [2.45, 2.75) is 19.3 Å². The van der Waals surface area contributed by atoms with Crippen LogP contribution in [0.5, 0.6) is 0 Å². The van der Waals surface area contributed by atoms with E-state index >= 15 is 0 Å². The Morgan fingerprint density at radius 3 is 2.04 bits per heavy atom. The van der Waals surface area contributed by atoms with Crippen LogP contribution in [0.3, 0.4) is 0 Å². The summed E-state index contributed by atoms with van der Waals surface area (Å²) in [7, 11) is 0. The number of hydrogen-bond donors (Lipinski definition) is 2. The van der Waals surface area contributed by atoms with E-state index in [4.69, 9.17) is 11.6 Å². The monoisotopic (exact) mass is 337 g/mol. The summed E-state index contributed by atoms with van der Waals surface area (Å²) in [5.41, 5.74) is -1.67. The van der Waals surface area contributed by atoms with Crippen molar-refractivity contribution >= 4 is 29.4 Å². The lowest BCUT2D eigenvalue weighted by atomic mass is 9.97. The minimum absolute atomic E-state index is 0.0198. The van der Waals surface area contributed by atoms with Gasteiger partial charge in [0.15, 0.2) is 0 Å². The highest BCUT2D eigenvalue weighted by atomic mass is 35.5. The van der Waals surface area contributed by atoms with Gasteiger partial charge >= 0.3 is 11.9 Å². The average Bonchev–Trinajstić information content (AvgIpc) is 3.05. The molecular weight excluding hydrogens is 322 g/mol. The third kappa shape index (κ3) is 2.37. The number of benzene rings is 1. The number of halogens is 1. The highest BCUT2D eigenvalue weighted by Gasteiger charge is 2.81. The Balaban J connectivity index is 1.65. The number of aliphatic carboxylic acids is 2. The molecule has 1 amide bonds. The number of rotatable bonds is 5. The van der Waals surface area contributed by atoms with Crippen LogP contribution >= 0.6 is 11.6 Å². The zero-order valence-corrected chi connectivity index (χ0v) is 13.0. The fraction of sp³-hybridized carbons (Fsp3) is 0.438. The second-order valence-electron chi connectivity index (χ2n) is 6.33. The van der Waals surface area contributed by atoms with Crippen LogP contribution in [0.2, 0.25) is 5.02 Å². The van der Waals surface area contributed by atoms with Gasteiger partial charge in [0.2, 0.25) is 5.91 Å². The summed E-state index contributed by atoms with van der Waals surface area (Å²) in [5.74, 6) is -2.48. The third-order valence-corrected chi connectivity index (χ3v) is 5.28. The van der Waals surface area contributed by atoms with E-state index < -0.39 is 22.8 Å². The number of aryl methyl sites for hydroxylation is 1. The maximum atomic E-state index is 12.3. The number of carbonyl (C=O) groups is 3. The van der Waals surface area contributed by atoms with Gasteiger partial charge in [-0.05, 0) is 30.5 Å². The Labute approximate surface area is 137 Å². The Hall–Kier alpha value is -2.08. The maximum Gasteiger partial charge on any atom is 0.312 e. The predicted molar refractivity (Wildman–Crippen MR) is 81.1 cm³/mol. The average molecular weight is 338 g/mol. The van der Waals surface area contributed by atoms with Crippen LogP contribution in [0.25, 0.3) is 0 Å². The van der Waals surface area contributed by atoms with Crippen LogP contribution in [-0.2, 0) is 20.8 Å². The summed E-state index contributed by atoms with van der Waals surface area (Å²) < 4.78 is 0. The number of carboxylic acid groups (broad SMARTS) is 2. The molecule has 122 valence electrons. The molecule has 1 heterocycles. The molecule has 2 atom stereocenters. The maximum absolute atomic E-state index is 12.3. The van der Waals surface area contributed by atoms with Crippen LogP contribution in [0.1, 0.15) is 18.4 Å². The van der Waals surface area contributed by atoms with Crippen molar-refractivity contribution in [2.75, 3.05) is 13.1 Å². The lowest BCUT2D eigenvalue weighted by molar-refractivity contribution is -0.151. The standard InChI is InChI=1S/C16H16ClNO5/c17-11-4-1-10(2-5-11)3-6-12(19)18-8-15(13(20)21)7-16(15,9-18)14(22)23/h1-2,4-5H,3,6-9H2,(H,20,21)(H,22,23)/t15-,16+. The van der Waals surface area contributed by atoms with Crippen molar-refractivity contribution in [3.8, 4) is 0 Å². The van der Waals surface area contributed by atoms with Crippen molar-refractivity contribution < 1.29 is 24.6 Å². The minimum atomic E-state index is -1.31. The summed E-state index contributed by atoms with van der Waals surface area (Å²) in [6.07, 6.45) is 0.825. The zero-order chi connectivity index (χ0) is 16.8. The number of piperidine rings is 1. The number of fused-ring (bicyclic) bond motifs is 1. The summed E-state index contributed by atoms with van der Waals surface area (Å²) in [6, 6.07) is 7.14. The first-order valence-corrected chi connectivity index (χ1v) is 7.68. The first kappa shape index (κ1) is 15.8. The normalized spacial score (nSPS) is 28.3. The Bertz CT molecular complexity index is 660. The molecule has 1 aliphatic carbocycles. The molecule has 1 saturated carbocycles. The molecule has 2 N–H and O–H groups in total. The lowest BCUT2D eigenvalue weighted by Gasteiger charge is -2.20. The van der Waals surface area contributed by atoms with Crippen molar-refractivity contribution in [2.24, 2.45) is 10.8 Å². The second-order valence-corrected chi connectivity index (χ2v) is 6.76. The number of hydrogen-bond acceptors (Lipinski definition) is 3. The topological polar surface area (TPSA) is 94.9 Å². The van der Waals surface area contributed by atoms with E-state index in [-0.39, 0.29) is 31.8 Å². The quantitative estimate of drug-likeness (QED) is 0.852. The Kier molecular flexibility index (Phi) is 3.59. The van der Waals surface area contributed by atoms with E-state index in [1.54, 1.807) is 12.1 Å². The largest absolute Gasteiger partial charge is 0.481 e. The number of amides is 1. The molecule has 2 fully saturated rings. The van der Waals surface area contributed by atoms with Gasteiger partial charge in [-0.15, -0.1) is 0 Å². The van der Waals surface area contributed by atoms with Crippen LogP contribution in [-0.4, -0.2) is 46.0 Å². The van der Waals surface area contributed by atoms with Gasteiger partial charge in [0.25, 0.3) is 0 Å². The van der Waals surface area contributed by atoms with E-state index in [0.717, 1.165) is 5.56 Å². The van der Waals surface area contributed by atoms with Gasteiger partial charge in [0.05, 0.1) is 0 Å². The summed E-state index contributed by atoms with van der Waals surface area (Å²) in [4.78, 5) is 36.6. The van der Waals surface area contributed by atoms with E-state index in [2.05, 4.69) is 0 Å². The number of likely N-dealkylation sites (tertiary alicyclic amines) is 1. The van der Waals surface area contributed by atoms with E-state index in [1.165, 1.54) is 4.90 Å². The molecule has 1 aromatic rings. The van der Waals surface area contributed by atoms with Gasteiger partial charge in [0.1, 0.15) is 10.8 Å². The Morgan fingerprint density at radius 2 is 1.57 bits per heavy atom. The van der Waals surface area contributed by atoms with Crippen LogP contribution in [0, 0.1) is 10.8 Å². The van der Waals surface area contributed by atoms with E-state index in [9.17, 15) is 24.6 Å². The molecule has 0 spiro atoms. The van der Waals surface area contributed by atoms with Crippen molar-refractivity contribution in [3.05, 3.63) is 34.9 Å². The number of nitrogens with zero attached hydrogens (tertiary/aromatic N) is 1. The third-order valence-electron chi connectivity index (χ3n) is 5.03. The smallest absolute Gasteiger partial charge is 0.312 e. The first-order chi connectivity index (χ1) is 10.8. The van der Waals surface area contributed by atoms with Crippen molar-refractivity contribution in [1.82, 2.24) is 4.90 Å². The molecule has 6 nitrogen and oxygen atoms in total. The molecule has 0 aromatic heterocycles. The summed E-state index contributed by atoms with van der Waals surface area (Å²) >= 11 is 5.80. The van der Waals surface area contributed by atoms with Crippen LogP contribution in [0.15, 0.2) is 24.3 Å². The minimum Gasteiger partial charge on any atom is -0.481 e. The van der Waals surface area contributed by atoms with Gasteiger partial charge in [-0.1, -0.05) is 23.7 Å². The van der Waals surface area contributed by atoms with Gasteiger partial charge in [-0.3, -0.25) is 14.4 Å². The van der Waals surface area contributed by atoms with Crippen LogP contribution < -0.4 is 0 Å². The van der Waals surface area contributed by atoms with Crippen molar-refractivity contribution in [1.29, 1.82) is 0 Å². The zero-order valence-electron chi connectivity index (χ0n) is 12.3. The van der Waals surface area contributed by atoms with Gasteiger partial charge in [-0.25, -0.2) is 0 Å². The molecular formula is C16H16ClNO5. The molecule has 0 bridgehead atoms. The number of carboxylic acids is 2. The highest BCUT2D eigenvalue weighted by molar-refractivity contribution is 6.30. The first-order valence-electron chi connectivity index (χ1n) is 7.30. The van der Waals surface area contributed by atoms with Gasteiger partial charge < -0.3 is 15.1 Å². The summed E-state index contributed by atoms with van der Waals surface area (Å²) in [5, 5.41) is 19.3. The molecule has 2 aliphatic rings. The van der Waals surface area contributed by atoms with Crippen molar-refractivity contribution in [3.63, 3.8) is 0 Å². The van der Waals surface area contributed by atoms with Gasteiger partial charge in [-0.2, -0.15) is 0 Å². The molecule has 23 heavy (non-hydrogen) atoms.